The minimum absolute atomic E-state index is 0.109. The average molecular weight is 272 g/mol. The second-order valence-electron chi connectivity index (χ2n) is 6.26. The van der Waals surface area contributed by atoms with Crippen molar-refractivity contribution in [2.45, 2.75) is 51.6 Å². The lowest BCUT2D eigenvalue weighted by atomic mass is 9.83. The average Bonchev–Trinajstić information content (AvgIpc) is 2.27. The van der Waals surface area contributed by atoms with Gasteiger partial charge in [-0.05, 0) is 18.3 Å². The third-order valence-electron chi connectivity index (χ3n) is 3.57. The number of carbonyl (C=O) groups is 2. The van der Waals surface area contributed by atoms with Crippen molar-refractivity contribution in [1.29, 1.82) is 0 Å². The van der Waals surface area contributed by atoms with Crippen LogP contribution in [0.25, 0.3) is 0 Å². The SMILES string of the molecule is CC(C)(C)C(CC(=O)O)NC(=O)C1(N)CCOCC1. The van der Waals surface area contributed by atoms with E-state index in [-0.39, 0.29) is 17.7 Å². The van der Waals surface area contributed by atoms with E-state index in [0.29, 0.717) is 26.1 Å². The third-order valence-corrected chi connectivity index (χ3v) is 3.57. The predicted molar refractivity (Wildman–Crippen MR) is 70.6 cm³/mol. The van der Waals surface area contributed by atoms with Gasteiger partial charge in [-0.15, -0.1) is 0 Å². The van der Waals surface area contributed by atoms with Crippen LogP contribution in [0.3, 0.4) is 0 Å². The number of aliphatic carboxylic acids is 1. The number of carbonyl (C=O) groups excluding carboxylic acids is 1. The van der Waals surface area contributed by atoms with Crippen molar-refractivity contribution in [3.8, 4) is 0 Å². The molecule has 1 amide bonds. The maximum absolute atomic E-state index is 12.3. The van der Waals surface area contributed by atoms with Gasteiger partial charge in [0.2, 0.25) is 5.91 Å². The van der Waals surface area contributed by atoms with Gasteiger partial charge in [0, 0.05) is 19.3 Å². The van der Waals surface area contributed by atoms with Gasteiger partial charge in [-0.1, -0.05) is 20.8 Å². The molecule has 0 aromatic carbocycles. The number of nitrogens with two attached hydrogens (primary N) is 1. The monoisotopic (exact) mass is 272 g/mol. The van der Waals surface area contributed by atoms with Crippen molar-refractivity contribution in [3.05, 3.63) is 0 Å². The Morgan fingerprint density at radius 1 is 1.37 bits per heavy atom. The maximum atomic E-state index is 12.3. The molecule has 19 heavy (non-hydrogen) atoms. The Kier molecular flexibility index (Phi) is 4.92. The van der Waals surface area contributed by atoms with Gasteiger partial charge in [-0.3, -0.25) is 9.59 Å². The second-order valence-corrected chi connectivity index (χ2v) is 6.26. The summed E-state index contributed by atoms with van der Waals surface area (Å²) in [6.45, 7) is 6.61. The molecule has 0 bridgehead atoms. The molecular weight excluding hydrogens is 248 g/mol. The molecule has 4 N–H and O–H groups in total. The molecule has 0 saturated carbocycles. The van der Waals surface area contributed by atoms with Gasteiger partial charge in [0.25, 0.3) is 0 Å². The van der Waals surface area contributed by atoms with E-state index in [9.17, 15) is 9.59 Å². The molecule has 1 unspecified atom stereocenters. The van der Waals surface area contributed by atoms with Crippen LogP contribution >= 0.6 is 0 Å². The molecule has 110 valence electrons. The first-order chi connectivity index (χ1) is 8.65. The lowest BCUT2D eigenvalue weighted by Crippen LogP contribution is -2.60. The lowest BCUT2D eigenvalue weighted by molar-refractivity contribution is -0.139. The quantitative estimate of drug-likeness (QED) is 0.691. The zero-order chi connectivity index (χ0) is 14.7. The molecule has 1 aliphatic heterocycles. The van der Waals surface area contributed by atoms with E-state index < -0.39 is 17.6 Å². The highest BCUT2D eigenvalue weighted by Gasteiger charge is 2.39. The molecule has 1 saturated heterocycles. The van der Waals surface area contributed by atoms with E-state index in [1.165, 1.54) is 0 Å². The Morgan fingerprint density at radius 2 is 1.89 bits per heavy atom. The molecule has 0 spiro atoms. The molecule has 1 rings (SSSR count). The number of amides is 1. The van der Waals surface area contributed by atoms with Crippen LogP contribution in [-0.2, 0) is 14.3 Å². The van der Waals surface area contributed by atoms with Crippen LogP contribution < -0.4 is 11.1 Å². The van der Waals surface area contributed by atoms with Crippen molar-refractivity contribution in [3.63, 3.8) is 0 Å². The fraction of sp³-hybridized carbons (Fsp3) is 0.846. The third kappa shape index (κ3) is 4.47. The summed E-state index contributed by atoms with van der Waals surface area (Å²) in [4.78, 5) is 23.2. The van der Waals surface area contributed by atoms with Crippen molar-refractivity contribution >= 4 is 11.9 Å². The normalized spacial score (nSPS) is 20.6. The fourth-order valence-corrected chi connectivity index (χ4v) is 2.01. The lowest BCUT2D eigenvalue weighted by Gasteiger charge is -2.36. The molecule has 1 aliphatic rings. The minimum atomic E-state index is -0.944. The number of nitrogens with one attached hydrogen (secondary N) is 1. The van der Waals surface area contributed by atoms with E-state index in [1.54, 1.807) is 0 Å². The van der Waals surface area contributed by atoms with Gasteiger partial charge in [0.1, 0.15) is 0 Å². The summed E-state index contributed by atoms with van der Waals surface area (Å²) >= 11 is 0. The highest BCUT2D eigenvalue weighted by molar-refractivity contribution is 5.87. The summed E-state index contributed by atoms with van der Waals surface area (Å²) in [6.07, 6.45) is 0.813. The molecule has 0 radical (unpaired) electrons. The van der Waals surface area contributed by atoms with Gasteiger partial charge < -0.3 is 20.9 Å². The number of carboxylic acid groups (broad SMARTS) is 1. The topological polar surface area (TPSA) is 102 Å². The van der Waals surface area contributed by atoms with Crippen LogP contribution in [0.5, 0.6) is 0 Å². The van der Waals surface area contributed by atoms with Crippen molar-refractivity contribution < 1.29 is 19.4 Å². The number of carboxylic acids is 1. The van der Waals surface area contributed by atoms with Crippen molar-refractivity contribution in [2.24, 2.45) is 11.1 Å². The second kappa shape index (κ2) is 5.88. The highest BCUT2D eigenvalue weighted by atomic mass is 16.5. The van der Waals surface area contributed by atoms with Crippen molar-refractivity contribution in [1.82, 2.24) is 5.32 Å². The Balaban J connectivity index is 2.72. The number of ether oxygens (including phenoxy) is 1. The van der Waals surface area contributed by atoms with Crippen LogP contribution in [0, 0.1) is 5.41 Å². The summed E-state index contributed by atoms with van der Waals surface area (Å²) < 4.78 is 5.20. The maximum Gasteiger partial charge on any atom is 0.305 e. The van der Waals surface area contributed by atoms with E-state index >= 15 is 0 Å². The summed E-state index contributed by atoms with van der Waals surface area (Å²) in [7, 11) is 0. The molecule has 6 nitrogen and oxygen atoms in total. The van der Waals surface area contributed by atoms with E-state index in [1.807, 2.05) is 20.8 Å². The first-order valence-corrected chi connectivity index (χ1v) is 6.54. The van der Waals surface area contributed by atoms with Gasteiger partial charge in [-0.25, -0.2) is 0 Å². The standard InChI is InChI=1S/C13H24N2O4/c1-12(2,3)9(8-10(16)17)15-11(18)13(14)4-6-19-7-5-13/h9H,4-8,14H2,1-3H3,(H,15,18)(H,16,17). The molecule has 0 aromatic rings. The highest BCUT2D eigenvalue weighted by Crippen LogP contribution is 2.24. The summed E-state index contributed by atoms with van der Waals surface area (Å²) in [5, 5.41) is 11.7. The van der Waals surface area contributed by atoms with Crippen LogP contribution in [0.4, 0.5) is 0 Å². The zero-order valence-electron chi connectivity index (χ0n) is 11.9. The van der Waals surface area contributed by atoms with E-state index in [4.69, 9.17) is 15.6 Å². The Hall–Kier alpha value is -1.14. The Morgan fingerprint density at radius 3 is 2.32 bits per heavy atom. The van der Waals surface area contributed by atoms with Gasteiger partial charge in [-0.2, -0.15) is 0 Å². The fourth-order valence-electron chi connectivity index (χ4n) is 2.01. The molecule has 0 aliphatic carbocycles. The first kappa shape index (κ1) is 15.9. The summed E-state index contributed by atoms with van der Waals surface area (Å²) in [5.74, 6) is -1.21. The number of hydrogen-bond acceptors (Lipinski definition) is 4. The van der Waals surface area contributed by atoms with Gasteiger partial charge in [0.15, 0.2) is 0 Å². The number of hydrogen-bond donors (Lipinski definition) is 3. The van der Waals surface area contributed by atoms with Crippen LogP contribution in [-0.4, -0.2) is 41.8 Å². The minimum Gasteiger partial charge on any atom is -0.481 e. The number of rotatable bonds is 4. The van der Waals surface area contributed by atoms with E-state index in [0.717, 1.165) is 0 Å². The largest absolute Gasteiger partial charge is 0.481 e. The van der Waals surface area contributed by atoms with Gasteiger partial charge in [0.05, 0.1) is 12.0 Å². The molecular formula is C13H24N2O4. The Labute approximate surface area is 113 Å². The molecule has 6 heteroatoms. The van der Waals surface area contributed by atoms with Crippen LogP contribution in [0.1, 0.15) is 40.0 Å². The van der Waals surface area contributed by atoms with Crippen LogP contribution in [0.2, 0.25) is 0 Å². The predicted octanol–water partition coefficient (Wildman–Crippen LogP) is 0.500. The first-order valence-electron chi connectivity index (χ1n) is 6.54. The molecule has 1 atom stereocenters. The smallest absolute Gasteiger partial charge is 0.305 e. The van der Waals surface area contributed by atoms with E-state index in [2.05, 4.69) is 5.32 Å². The molecule has 1 fully saturated rings. The van der Waals surface area contributed by atoms with Gasteiger partial charge >= 0.3 is 5.97 Å². The summed E-state index contributed by atoms with van der Waals surface area (Å²) in [6, 6.07) is -0.444. The van der Waals surface area contributed by atoms with Crippen LogP contribution in [0.15, 0.2) is 0 Å². The zero-order valence-corrected chi connectivity index (χ0v) is 11.9. The molecule has 0 aromatic heterocycles. The Bertz CT molecular complexity index is 343. The summed E-state index contributed by atoms with van der Waals surface area (Å²) in [5.41, 5.74) is 4.80. The molecule has 1 heterocycles. The van der Waals surface area contributed by atoms with Crippen molar-refractivity contribution in [2.75, 3.05) is 13.2 Å².